The Morgan fingerprint density at radius 2 is 0.750 bits per heavy atom. The Balaban J connectivity index is 1.12. The van der Waals surface area contributed by atoms with Crippen molar-refractivity contribution < 1.29 is 0 Å². The molecule has 280 valence electrons. The Labute approximate surface area is 346 Å². The van der Waals surface area contributed by atoms with Crippen LogP contribution in [0, 0.1) is 0 Å². The Bertz CT molecular complexity index is 3550. The van der Waals surface area contributed by atoms with Crippen molar-refractivity contribution in [1.82, 2.24) is 24.1 Å². The second kappa shape index (κ2) is 13.8. The van der Waals surface area contributed by atoms with Gasteiger partial charge >= 0.3 is 0 Å². The summed E-state index contributed by atoms with van der Waals surface area (Å²) in [4.78, 5) is 15.6. The highest BCUT2D eigenvalue weighted by atomic mass is 15.2. The fourth-order valence-electron chi connectivity index (χ4n) is 9.00. The van der Waals surface area contributed by atoms with Crippen LogP contribution in [-0.2, 0) is 0 Å². The minimum atomic E-state index is 0.572. The van der Waals surface area contributed by atoms with Gasteiger partial charge in [0.15, 0.2) is 11.6 Å². The zero-order valence-electron chi connectivity index (χ0n) is 32.4. The molecule has 3 heterocycles. The SMILES string of the molecule is c1ccc(-c2ccc(-c3nc(-c4ccccc4)nc(-n4c5ccccc5c5c6c7ccc8ccccc8c7n(-c7ccc(-c8ccccc8)cc7)c6ccc54)n3)cc2)cc1. The Hall–Kier alpha value is -8.15. The summed E-state index contributed by atoms with van der Waals surface area (Å²) in [5.74, 6) is 1.81. The van der Waals surface area contributed by atoms with Gasteiger partial charge in [-0.2, -0.15) is 9.97 Å². The molecule has 12 aromatic rings. The van der Waals surface area contributed by atoms with Crippen LogP contribution >= 0.6 is 0 Å². The minimum absolute atomic E-state index is 0.572. The van der Waals surface area contributed by atoms with Crippen molar-refractivity contribution in [3.05, 3.63) is 212 Å². The number of hydrogen-bond acceptors (Lipinski definition) is 3. The number of rotatable bonds is 6. The summed E-state index contributed by atoms with van der Waals surface area (Å²) in [6, 6.07) is 75.1. The van der Waals surface area contributed by atoms with E-state index in [4.69, 9.17) is 15.0 Å². The average molecular weight is 766 g/mol. The van der Waals surface area contributed by atoms with E-state index in [-0.39, 0.29) is 0 Å². The number of benzene rings is 9. The zero-order valence-corrected chi connectivity index (χ0v) is 32.4. The average Bonchev–Trinajstić information content (AvgIpc) is 3.86. The molecule has 0 saturated heterocycles. The summed E-state index contributed by atoms with van der Waals surface area (Å²) >= 11 is 0. The van der Waals surface area contributed by atoms with E-state index in [1.165, 1.54) is 49.1 Å². The van der Waals surface area contributed by atoms with E-state index in [2.05, 4.69) is 197 Å². The molecule has 0 fully saturated rings. The highest BCUT2D eigenvalue weighted by Crippen LogP contribution is 2.44. The molecule has 0 atom stereocenters. The fourth-order valence-corrected chi connectivity index (χ4v) is 9.00. The fraction of sp³-hybridized carbons (Fsp3) is 0. The predicted octanol–water partition coefficient (Wildman–Crippen LogP) is 13.9. The molecule has 60 heavy (non-hydrogen) atoms. The zero-order chi connectivity index (χ0) is 39.6. The molecule has 0 N–H and O–H groups in total. The lowest BCUT2D eigenvalue weighted by Gasteiger charge is -2.12. The van der Waals surface area contributed by atoms with E-state index in [1.807, 2.05) is 24.3 Å². The number of hydrogen-bond donors (Lipinski definition) is 0. The summed E-state index contributed by atoms with van der Waals surface area (Å²) in [5.41, 5.74) is 12.1. The van der Waals surface area contributed by atoms with Crippen LogP contribution in [0.4, 0.5) is 0 Å². The number of para-hydroxylation sites is 1. The topological polar surface area (TPSA) is 48.5 Å². The summed E-state index contributed by atoms with van der Waals surface area (Å²) in [6.45, 7) is 0. The normalized spacial score (nSPS) is 11.7. The molecule has 3 aromatic heterocycles. The van der Waals surface area contributed by atoms with Gasteiger partial charge in [0.2, 0.25) is 5.95 Å². The summed E-state index contributed by atoms with van der Waals surface area (Å²) in [6.07, 6.45) is 0. The third-order valence-electron chi connectivity index (χ3n) is 11.8. The van der Waals surface area contributed by atoms with Crippen molar-refractivity contribution in [2.45, 2.75) is 0 Å². The van der Waals surface area contributed by atoms with E-state index < -0.39 is 0 Å². The molecule has 0 spiro atoms. The number of fused-ring (bicyclic) bond motifs is 9. The smallest absolute Gasteiger partial charge is 0.238 e. The Kier molecular flexibility index (Phi) is 7.78. The van der Waals surface area contributed by atoms with E-state index in [9.17, 15) is 0 Å². The van der Waals surface area contributed by atoms with Gasteiger partial charge in [-0.3, -0.25) is 4.57 Å². The standard InChI is InChI=1S/C55H35N5/c1-4-14-36(15-5-1)38-24-26-42(27-25-38)54-56-53(41-19-8-3-9-20-41)57-55(58-54)60-47-23-13-12-22-45(47)50-49(60)35-34-48-51(50)46-33-30-40-18-10-11-21-44(40)52(46)59(48)43-31-28-39(29-32-43)37-16-6-2-7-17-37/h1-35H. The van der Waals surface area contributed by atoms with E-state index in [0.29, 0.717) is 17.6 Å². The first kappa shape index (κ1) is 33.9. The molecule has 0 radical (unpaired) electrons. The Morgan fingerprint density at radius 1 is 0.283 bits per heavy atom. The van der Waals surface area contributed by atoms with E-state index >= 15 is 0 Å². The second-order valence-electron chi connectivity index (χ2n) is 15.2. The first-order valence-electron chi connectivity index (χ1n) is 20.3. The van der Waals surface area contributed by atoms with Gasteiger partial charge in [-0.1, -0.05) is 182 Å². The van der Waals surface area contributed by atoms with Crippen LogP contribution in [0.3, 0.4) is 0 Å². The van der Waals surface area contributed by atoms with E-state index in [0.717, 1.165) is 44.3 Å². The van der Waals surface area contributed by atoms with Gasteiger partial charge in [0.1, 0.15) is 0 Å². The molecule has 12 rings (SSSR count). The maximum absolute atomic E-state index is 5.28. The summed E-state index contributed by atoms with van der Waals surface area (Å²) < 4.78 is 4.67. The van der Waals surface area contributed by atoms with Gasteiger partial charge in [-0.25, -0.2) is 4.98 Å². The number of aromatic nitrogens is 5. The van der Waals surface area contributed by atoms with Crippen LogP contribution in [0.2, 0.25) is 0 Å². The maximum Gasteiger partial charge on any atom is 0.238 e. The lowest BCUT2D eigenvalue weighted by Crippen LogP contribution is -2.06. The molecule has 0 saturated carbocycles. The lowest BCUT2D eigenvalue weighted by atomic mass is 10.0. The van der Waals surface area contributed by atoms with Crippen molar-refractivity contribution in [3.63, 3.8) is 0 Å². The van der Waals surface area contributed by atoms with Gasteiger partial charge in [-0.15, -0.1) is 0 Å². The first-order chi connectivity index (χ1) is 29.8. The first-order valence-corrected chi connectivity index (χ1v) is 20.3. The molecular weight excluding hydrogens is 731 g/mol. The molecule has 0 aliphatic heterocycles. The molecular formula is C55H35N5. The molecule has 0 unspecified atom stereocenters. The third-order valence-corrected chi connectivity index (χ3v) is 11.8. The quantitative estimate of drug-likeness (QED) is 0.169. The van der Waals surface area contributed by atoms with Gasteiger partial charge < -0.3 is 4.57 Å². The second-order valence-corrected chi connectivity index (χ2v) is 15.2. The molecule has 5 nitrogen and oxygen atoms in total. The van der Waals surface area contributed by atoms with Gasteiger partial charge in [0, 0.05) is 43.7 Å². The molecule has 0 amide bonds. The van der Waals surface area contributed by atoms with Crippen molar-refractivity contribution in [3.8, 4) is 56.7 Å². The largest absolute Gasteiger partial charge is 0.309 e. The van der Waals surface area contributed by atoms with Crippen LogP contribution in [0.1, 0.15) is 0 Å². The molecule has 9 aromatic carbocycles. The number of nitrogens with zero attached hydrogens (tertiary/aromatic N) is 5. The van der Waals surface area contributed by atoms with Crippen molar-refractivity contribution in [2.24, 2.45) is 0 Å². The van der Waals surface area contributed by atoms with E-state index in [1.54, 1.807) is 0 Å². The highest BCUT2D eigenvalue weighted by Gasteiger charge is 2.23. The van der Waals surface area contributed by atoms with Gasteiger partial charge in [-0.05, 0) is 58.0 Å². The minimum Gasteiger partial charge on any atom is -0.309 e. The Morgan fingerprint density at radius 3 is 1.40 bits per heavy atom. The van der Waals surface area contributed by atoms with Crippen molar-refractivity contribution in [1.29, 1.82) is 0 Å². The van der Waals surface area contributed by atoms with Crippen LogP contribution in [0.5, 0.6) is 0 Å². The monoisotopic (exact) mass is 765 g/mol. The molecule has 0 bridgehead atoms. The highest BCUT2D eigenvalue weighted by molar-refractivity contribution is 6.31. The molecule has 0 aliphatic rings. The van der Waals surface area contributed by atoms with Gasteiger partial charge in [0.25, 0.3) is 0 Å². The van der Waals surface area contributed by atoms with Crippen LogP contribution in [0.25, 0.3) is 111 Å². The maximum atomic E-state index is 5.28. The van der Waals surface area contributed by atoms with Crippen LogP contribution < -0.4 is 0 Å². The lowest BCUT2D eigenvalue weighted by molar-refractivity contribution is 0.953. The summed E-state index contributed by atoms with van der Waals surface area (Å²) in [5, 5.41) is 7.12. The van der Waals surface area contributed by atoms with Crippen LogP contribution in [0.15, 0.2) is 212 Å². The van der Waals surface area contributed by atoms with Crippen molar-refractivity contribution in [2.75, 3.05) is 0 Å². The molecule has 0 aliphatic carbocycles. The summed E-state index contributed by atoms with van der Waals surface area (Å²) in [7, 11) is 0. The van der Waals surface area contributed by atoms with Crippen LogP contribution in [-0.4, -0.2) is 24.1 Å². The van der Waals surface area contributed by atoms with Gasteiger partial charge in [0.05, 0.1) is 22.1 Å². The predicted molar refractivity (Wildman–Crippen MR) is 248 cm³/mol. The molecule has 5 heteroatoms. The third kappa shape index (κ3) is 5.44. The van der Waals surface area contributed by atoms with Crippen molar-refractivity contribution >= 4 is 54.4 Å².